The van der Waals surface area contributed by atoms with E-state index in [-0.39, 0.29) is 29.7 Å². The van der Waals surface area contributed by atoms with E-state index in [0.29, 0.717) is 35.7 Å². The van der Waals surface area contributed by atoms with Crippen molar-refractivity contribution >= 4 is 57.8 Å². The van der Waals surface area contributed by atoms with Gasteiger partial charge >= 0.3 is 12.1 Å². The first kappa shape index (κ1) is 30.9. The molecule has 0 unspecified atom stereocenters. The summed E-state index contributed by atoms with van der Waals surface area (Å²) < 4.78 is 16.1. The zero-order valence-corrected chi connectivity index (χ0v) is 25.3. The lowest BCUT2D eigenvalue weighted by Gasteiger charge is -2.49. The number of allylic oxidation sites excluding steroid dienone is 1. The van der Waals surface area contributed by atoms with Gasteiger partial charge < -0.3 is 35.4 Å². The van der Waals surface area contributed by atoms with Crippen LogP contribution in [0.2, 0.25) is 0 Å². The standard InChI is InChI=1S/C28H30N6O8S2/c1-40-18-8-6-16(7-9-18)13-42-26(37)22-17(5-4-12-41-28(38)33-10-2-3-11-33)14-43-25-21(24(36)34(22)25)31-23(35)20(32-39)19-15-44-27(29)30-19/h4-9,15,21,25,39H,2-3,10-14H2,1H3,(H2,29,30)(H,31,35)/b5-4-,32-20-/t21-,25-/m1/s1. The summed E-state index contributed by atoms with van der Waals surface area (Å²) >= 11 is 2.39. The Hall–Kier alpha value is -4.57. The minimum atomic E-state index is -1.00. The first-order chi connectivity index (χ1) is 21.3. The summed E-state index contributed by atoms with van der Waals surface area (Å²) in [4.78, 5) is 58.8. The molecule has 2 fully saturated rings. The molecule has 14 nitrogen and oxygen atoms in total. The van der Waals surface area contributed by atoms with Gasteiger partial charge in [0.15, 0.2) is 10.8 Å². The molecule has 5 rings (SSSR count). The van der Waals surface area contributed by atoms with Crippen LogP contribution in [0.3, 0.4) is 0 Å². The van der Waals surface area contributed by atoms with Gasteiger partial charge in [-0.2, -0.15) is 0 Å². The molecule has 3 aliphatic heterocycles. The number of ether oxygens (including phenoxy) is 3. The summed E-state index contributed by atoms with van der Waals surface area (Å²) in [6.45, 7) is 1.25. The number of nitrogens with two attached hydrogens (primary N) is 1. The molecule has 0 bridgehead atoms. The highest BCUT2D eigenvalue weighted by Crippen LogP contribution is 2.41. The van der Waals surface area contributed by atoms with Crippen LogP contribution in [0, 0.1) is 0 Å². The maximum atomic E-state index is 13.4. The molecule has 4 heterocycles. The van der Waals surface area contributed by atoms with Crippen molar-refractivity contribution in [1.29, 1.82) is 0 Å². The number of amides is 3. The second-order valence-corrected chi connectivity index (χ2v) is 11.8. The topological polar surface area (TPSA) is 186 Å². The average Bonchev–Trinajstić information content (AvgIpc) is 3.73. The van der Waals surface area contributed by atoms with Crippen LogP contribution in [0.5, 0.6) is 5.75 Å². The molecule has 232 valence electrons. The van der Waals surface area contributed by atoms with Crippen molar-refractivity contribution in [3.63, 3.8) is 0 Å². The number of hydrogen-bond donors (Lipinski definition) is 3. The maximum Gasteiger partial charge on any atom is 0.410 e. The highest BCUT2D eigenvalue weighted by molar-refractivity contribution is 8.00. The van der Waals surface area contributed by atoms with Crippen LogP contribution in [0.25, 0.3) is 0 Å². The molecule has 2 aromatic rings. The summed E-state index contributed by atoms with van der Waals surface area (Å²) in [6, 6.07) is 5.99. The van der Waals surface area contributed by atoms with Crippen molar-refractivity contribution < 1.29 is 38.6 Å². The van der Waals surface area contributed by atoms with Gasteiger partial charge in [-0.15, -0.1) is 23.1 Å². The number of nitrogens with zero attached hydrogens (tertiary/aromatic N) is 4. The summed E-state index contributed by atoms with van der Waals surface area (Å²) in [7, 11) is 1.55. The monoisotopic (exact) mass is 642 g/mol. The van der Waals surface area contributed by atoms with Crippen molar-refractivity contribution in [2.45, 2.75) is 30.9 Å². The quantitative estimate of drug-likeness (QED) is 0.113. The van der Waals surface area contributed by atoms with Gasteiger partial charge in [-0.1, -0.05) is 23.4 Å². The maximum absolute atomic E-state index is 13.4. The third-order valence-corrected chi connectivity index (χ3v) is 9.05. The van der Waals surface area contributed by atoms with Gasteiger partial charge in [0.25, 0.3) is 11.8 Å². The average molecular weight is 643 g/mol. The molecular formula is C28H30N6O8S2. The molecule has 3 aliphatic rings. The summed E-state index contributed by atoms with van der Waals surface area (Å²) in [5.74, 6) is -1.15. The number of nitrogen functional groups attached to an aromatic ring is 1. The number of anilines is 1. The molecule has 1 aromatic carbocycles. The fourth-order valence-electron chi connectivity index (χ4n) is 4.82. The molecule has 2 atom stereocenters. The van der Waals surface area contributed by atoms with Gasteiger partial charge in [0.2, 0.25) is 0 Å². The molecule has 2 saturated heterocycles. The Morgan fingerprint density at radius 2 is 1.95 bits per heavy atom. The van der Waals surface area contributed by atoms with E-state index in [0.717, 1.165) is 24.2 Å². The normalized spacial score (nSPS) is 19.9. The van der Waals surface area contributed by atoms with Crippen LogP contribution in [-0.2, 0) is 30.5 Å². The van der Waals surface area contributed by atoms with Crippen LogP contribution in [0.1, 0.15) is 24.1 Å². The SMILES string of the molecule is COc1ccc(COC(=O)C2=C(/C=C\COC(=O)N3CCCC3)CS[C@@H]3[C@H](NC(=O)/C(=N\O)c4csc(N)n4)C(=O)N23)cc1. The number of aromatic nitrogens is 1. The van der Waals surface area contributed by atoms with E-state index in [2.05, 4.69) is 15.5 Å². The number of carbonyl (C=O) groups is 4. The molecule has 1 aromatic heterocycles. The van der Waals surface area contributed by atoms with Crippen molar-refractivity contribution in [3.8, 4) is 5.75 Å². The fourth-order valence-corrected chi connectivity index (χ4v) is 6.69. The van der Waals surface area contributed by atoms with E-state index in [9.17, 15) is 24.4 Å². The molecular weight excluding hydrogens is 612 g/mol. The van der Waals surface area contributed by atoms with Gasteiger partial charge in [-0.05, 0) is 42.2 Å². The Balaban J connectivity index is 1.30. The first-order valence-electron chi connectivity index (χ1n) is 13.6. The Morgan fingerprint density at radius 1 is 1.20 bits per heavy atom. The largest absolute Gasteiger partial charge is 0.497 e. The molecule has 0 saturated carbocycles. The molecule has 0 aliphatic carbocycles. The number of thioether (sulfide) groups is 1. The third kappa shape index (κ3) is 6.65. The fraction of sp³-hybridized carbons (Fsp3) is 0.357. The number of oxime groups is 1. The summed E-state index contributed by atoms with van der Waals surface area (Å²) in [5, 5.41) is 16.0. The van der Waals surface area contributed by atoms with Gasteiger partial charge in [0, 0.05) is 24.2 Å². The Morgan fingerprint density at radius 3 is 2.61 bits per heavy atom. The number of rotatable bonds is 10. The van der Waals surface area contributed by atoms with Crippen molar-refractivity contribution in [3.05, 3.63) is 64.3 Å². The smallest absolute Gasteiger partial charge is 0.410 e. The van der Waals surface area contributed by atoms with E-state index >= 15 is 0 Å². The number of carbonyl (C=O) groups excluding carboxylic acids is 4. The van der Waals surface area contributed by atoms with Crippen molar-refractivity contribution in [1.82, 2.24) is 20.1 Å². The lowest BCUT2D eigenvalue weighted by Crippen LogP contribution is -2.71. The van der Waals surface area contributed by atoms with Crippen LogP contribution >= 0.6 is 23.1 Å². The van der Waals surface area contributed by atoms with E-state index in [1.54, 1.807) is 48.4 Å². The number of thiazole rings is 1. The summed E-state index contributed by atoms with van der Waals surface area (Å²) in [5.41, 5.74) is 6.53. The number of fused-ring (bicyclic) bond motifs is 1. The van der Waals surface area contributed by atoms with Gasteiger partial charge in [0.05, 0.1) is 7.11 Å². The van der Waals surface area contributed by atoms with Crippen molar-refractivity contribution in [2.24, 2.45) is 5.16 Å². The number of β-lactam (4-membered cyclic amide) rings is 1. The van der Waals surface area contributed by atoms with Crippen LogP contribution < -0.4 is 15.8 Å². The molecule has 16 heteroatoms. The summed E-state index contributed by atoms with van der Waals surface area (Å²) in [6.07, 6.45) is 4.72. The van der Waals surface area contributed by atoms with Crippen molar-refractivity contribution in [2.75, 3.05) is 38.3 Å². The number of hydrogen-bond acceptors (Lipinski definition) is 13. The minimum Gasteiger partial charge on any atom is -0.497 e. The Labute approximate surface area is 260 Å². The third-order valence-electron chi connectivity index (χ3n) is 7.07. The van der Waals surface area contributed by atoms with Gasteiger partial charge in [-0.25, -0.2) is 14.6 Å². The molecule has 3 amide bonds. The van der Waals surface area contributed by atoms with E-state index in [1.807, 2.05) is 0 Å². The zero-order valence-electron chi connectivity index (χ0n) is 23.6. The van der Waals surface area contributed by atoms with Crippen LogP contribution in [0.15, 0.2) is 58.2 Å². The number of methoxy groups -OCH3 is 1. The highest BCUT2D eigenvalue weighted by atomic mass is 32.2. The number of nitrogens with one attached hydrogen (secondary N) is 1. The lowest BCUT2D eigenvalue weighted by atomic mass is 10.0. The van der Waals surface area contributed by atoms with E-state index < -0.39 is 41.0 Å². The molecule has 0 spiro atoms. The number of benzene rings is 1. The highest BCUT2D eigenvalue weighted by Gasteiger charge is 2.54. The number of esters is 1. The second-order valence-electron chi connectivity index (χ2n) is 9.85. The molecule has 4 N–H and O–H groups in total. The molecule has 44 heavy (non-hydrogen) atoms. The van der Waals surface area contributed by atoms with Gasteiger partial charge in [-0.3, -0.25) is 14.5 Å². The Kier molecular flexibility index (Phi) is 9.69. The lowest BCUT2D eigenvalue weighted by molar-refractivity contribution is -0.153. The first-order valence-corrected chi connectivity index (χ1v) is 15.5. The predicted molar refractivity (Wildman–Crippen MR) is 161 cm³/mol. The van der Waals surface area contributed by atoms with E-state index in [4.69, 9.17) is 19.9 Å². The predicted octanol–water partition coefficient (Wildman–Crippen LogP) is 2.10. The number of likely N-dealkylation sites (tertiary alicyclic amines) is 1. The Bertz CT molecular complexity index is 1520. The van der Waals surface area contributed by atoms with Crippen LogP contribution in [-0.4, -0.2) is 93.6 Å². The van der Waals surface area contributed by atoms with Crippen LogP contribution in [0.4, 0.5) is 9.93 Å². The van der Waals surface area contributed by atoms with Gasteiger partial charge in [0.1, 0.15) is 41.8 Å². The molecule has 0 radical (unpaired) electrons. The zero-order chi connectivity index (χ0) is 31.2. The van der Waals surface area contributed by atoms with E-state index in [1.165, 1.54) is 22.0 Å². The second kappa shape index (κ2) is 13.8. The minimum absolute atomic E-state index is 0.0157.